The van der Waals surface area contributed by atoms with Crippen LogP contribution in [0.5, 0.6) is 0 Å². The summed E-state index contributed by atoms with van der Waals surface area (Å²) in [6.45, 7) is 3.49. The largest absolute Gasteiger partial charge is 0.447 e. The van der Waals surface area contributed by atoms with E-state index in [9.17, 15) is 14.0 Å². The molecule has 0 aliphatic rings. The molecular formula is C21H18FN5O3S. The van der Waals surface area contributed by atoms with Crippen molar-refractivity contribution in [1.82, 2.24) is 14.4 Å². The van der Waals surface area contributed by atoms with Gasteiger partial charge in [0.15, 0.2) is 0 Å². The first-order chi connectivity index (χ1) is 14.9. The van der Waals surface area contributed by atoms with Crippen LogP contribution in [0.15, 0.2) is 54.3 Å². The summed E-state index contributed by atoms with van der Waals surface area (Å²) in [5, 5.41) is 7.14. The predicted molar refractivity (Wildman–Crippen MR) is 116 cm³/mol. The van der Waals surface area contributed by atoms with E-state index in [0.29, 0.717) is 27.7 Å². The van der Waals surface area contributed by atoms with Crippen molar-refractivity contribution in [2.45, 2.75) is 20.0 Å². The van der Waals surface area contributed by atoms with Crippen LogP contribution in [-0.4, -0.2) is 32.5 Å². The first-order valence-corrected chi connectivity index (χ1v) is 10.2. The number of carbonyl (C=O) groups is 2. The molecule has 3 aromatic heterocycles. The molecular weight excluding hydrogens is 421 g/mol. The standard InChI is InChI=1S/C21H18FN5O3S/c1-12(2)30-21(29)25-14-9-23-20-26-17(11-27(20)10-14)15-8-13(5-6-16(15)22)24-19(28)18-4-3-7-31-18/h3-12H,1-2H3,(H,24,28)(H,25,29). The van der Waals surface area contributed by atoms with Crippen molar-refractivity contribution in [3.63, 3.8) is 0 Å². The molecule has 0 saturated carbocycles. The maximum absolute atomic E-state index is 14.5. The average molecular weight is 439 g/mol. The molecule has 2 amide bonds. The van der Waals surface area contributed by atoms with Gasteiger partial charge in [-0.1, -0.05) is 6.07 Å². The second-order valence-corrected chi connectivity index (χ2v) is 7.83. The molecule has 3 heterocycles. The molecule has 2 N–H and O–H groups in total. The fraction of sp³-hybridized carbons (Fsp3) is 0.143. The van der Waals surface area contributed by atoms with E-state index in [1.807, 2.05) is 0 Å². The number of anilines is 2. The zero-order valence-corrected chi connectivity index (χ0v) is 17.4. The summed E-state index contributed by atoms with van der Waals surface area (Å²) in [4.78, 5) is 33.1. The van der Waals surface area contributed by atoms with Gasteiger partial charge < -0.3 is 10.1 Å². The van der Waals surface area contributed by atoms with Gasteiger partial charge in [0.2, 0.25) is 5.78 Å². The lowest BCUT2D eigenvalue weighted by Crippen LogP contribution is -2.18. The molecule has 4 aromatic rings. The molecule has 0 unspecified atom stereocenters. The molecule has 158 valence electrons. The Balaban J connectivity index is 1.59. The van der Waals surface area contributed by atoms with Crippen molar-refractivity contribution >= 4 is 40.5 Å². The van der Waals surface area contributed by atoms with Crippen LogP contribution < -0.4 is 10.6 Å². The Morgan fingerprint density at radius 2 is 2.00 bits per heavy atom. The van der Waals surface area contributed by atoms with E-state index < -0.39 is 11.9 Å². The number of fused-ring (bicyclic) bond motifs is 1. The van der Waals surface area contributed by atoms with Gasteiger partial charge in [-0.2, -0.15) is 0 Å². The Morgan fingerprint density at radius 1 is 1.16 bits per heavy atom. The number of amides is 2. The van der Waals surface area contributed by atoms with Gasteiger partial charge in [0, 0.05) is 23.6 Å². The van der Waals surface area contributed by atoms with E-state index >= 15 is 0 Å². The summed E-state index contributed by atoms with van der Waals surface area (Å²) in [7, 11) is 0. The summed E-state index contributed by atoms with van der Waals surface area (Å²) in [6.07, 6.45) is 3.76. The van der Waals surface area contributed by atoms with E-state index in [1.165, 1.54) is 35.7 Å². The zero-order valence-electron chi connectivity index (χ0n) is 16.6. The number of nitrogens with zero attached hydrogens (tertiary/aromatic N) is 3. The number of aromatic nitrogens is 3. The Kier molecular flexibility index (Phi) is 5.63. The van der Waals surface area contributed by atoms with Crippen molar-refractivity contribution in [2.75, 3.05) is 10.6 Å². The third-order valence-electron chi connectivity index (χ3n) is 4.14. The molecule has 31 heavy (non-hydrogen) atoms. The van der Waals surface area contributed by atoms with Crippen molar-refractivity contribution < 1.29 is 18.7 Å². The molecule has 0 saturated heterocycles. The molecule has 0 aliphatic carbocycles. The smallest absolute Gasteiger partial charge is 0.411 e. The highest BCUT2D eigenvalue weighted by Crippen LogP contribution is 2.26. The molecule has 0 radical (unpaired) electrons. The van der Waals surface area contributed by atoms with Gasteiger partial charge in [-0.05, 0) is 43.5 Å². The summed E-state index contributed by atoms with van der Waals surface area (Å²) in [5.41, 5.74) is 1.39. The minimum absolute atomic E-state index is 0.211. The molecule has 0 spiro atoms. The van der Waals surface area contributed by atoms with Crippen LogP contribution in [0.2, 0.25) is 0 Å². The molecule has 0 fully saturated rings. The van der Waals surface area contributed by atoms with E-state index in [0.717, 1.165) is 0 Å². The van der Waals surface area contributed by atoms with Crippen molar-refractivity contribution in [2.24, 2.45) is 0 Å². The highest BCUT2D eigenvalue weighted by molar-refractivity contribution is 7.12. The van der Waals surface area contributed by atoms with Gasteiger partial charge in [0.25, 0.3) is 5.91 Å². The second-order valence-electron chi connectivity index (χ2n) is 6.88. The highest BCUT2D eigenvalue weighted by atomic mass is 32.1. The number of carbonyl (C=O) groups excluding carboxylic acids is 2. The van der Waals surface area contributed by atoms with E-state index in [2.05, 4.69) is 20.6 Å². The second kappa shape index (κ2) is 8.52. The van der Waals surface area contributed by atoms with Crippen molar-refractivity contribution in [1.29, 1.82) is 0 Å². The molecule has 1 aromatic carbocycles. The lowest BCUT2D eigenvalue weighted by atomic mass is 10.1. The lowest BCUT2D eigenvalue weighted by molar-refractivity contribution is 0.103. The number of rotatable bonds is 5. The van der Waals surface area contributed by atoms with Gasteiger partial charge in [0.05, 0.1) is 28.6 Å². The zero-order chi connectivity index (χ0) is 22.0. The predicted octanol–water partition coefficient (Wildman–Crippen LogP) is 4.81. The third kappa shape index (κ3) is 4.69. The SMILES string of the molecule is CC(C)OC(=O)Nc1cnc2nc(-c3cc(NC(=O)c4cccs4)ccc3F)cn2c1. The van der Waals surface area contributed by atoms with Gasteiger partial charge >= 0.3 is 6.09 Å². The third-order valence-corrected chi connectivity index (χ3v) is 5.01. The fourth-order valence-corrected chi connectivity index (χ4v) is 3.46. The number of ether oxygens (including phenoxy) is 1. The van der Waals surface area contributed by atoms with E-state index in [1.54, 1.807) is 48.2 Å². The van der Waals surface area contributed by atoms with Gasteiger partial charge in [-0.3, -0.25) is 14.5 Å². The topological polar surface area (TPSA) is 97.6 Å². The number of thiophene rings is 1. The molecule has 4 rings (SSSR count). The highest BCUT2D eigenvalue weighted by Gasteiger charge is 2.14. The molecule has 8 nitrogen and oxygen atoms in total. The van der Waals surface area contributed by atoms with Crippen LogP contribution in [0, 0.1) is 5.82 Å². The first kappa shape index (κ1) is 20.5. The minimum Gasteiger partial charge on any atom is -0.447 e. The Hall–Kier alpha value is -3.79. The van der Waals surface area contributed by atoms with Crippen LogP contribution in [0.1, 0.15) is 23.5 Å². The Labute approximate surface area is 180 Å². The molecule has 10 heteroatoms. The van der Waals surface area contributed by atoms with Gasteiger partial charge in [-0.15, -0.1) is 11.3 Å². The van der Waals surface area contributed by atoms with Crippen molar-refractivity contribution in [3.05, 3.63) is 65.0 Å². The van der Waals surface area contributed by atoms with Gasteiger partial charge in [-0.25, -0.2) is 19.2 Å². The summed E-state index contributed by atoms with van der Waals surface area (Å²) in [5.74, 6) is -0.435. The van der Waals surface area contributed by atoms with Crippen LogP contribution in [0.4, 0.5) is 20.6 Å². The summed E-state index contributed by atoms with van der Waals surface area (Å²) < 4.78 is 21.1. The van der Waals surface area contributed by atoms with Gasteiger partial charge in [0.1, 0.15) is 5.82 Å². The molecule has 0 bridgehead atoms. The minimum atomic E-state index is -0.600. The molecule has 0 atom stereocenters. The summed E-state index contributed by atoms with van der Waals surface area (Å²) in [6, 6.07) is 7.76. The lowest BCUT2D eigenvalue weighted by Gasteiger charge is -2.09. The van der Waals surface area contributed by atoms with E-state index in [-0.39, 0.29) is 17.6 Å². The molecule has 0 aliphatic heterocycles. The number of hydrogen-bond acceptors (Lipinski definition) is 6. The Morgan fingerprint density at radius 3 is 2.74 bits per heavy atom. The van der Waals surface area contributed by atoms with Crippen LogP contribution >= 0.6 is 11.3 Å². The van der Waals surface area contributed by atoms with Crippen LogP contribution in [0.25, 0.3) is 17.0 Å². The number of benzene rings is 1. The van der Waals surface area contributed by atoms with Crippen molar-refractivity contribution in [3.8, 4) is 11.3 Å². The first-order valence-electron chi connectivity index (χ1n) is 9.36. The number of hydrogen-bond donors (Lipinski definition) is 2. The fourth-order valence-electron chi connectivity index (χ4n) is 2.84. The number of imidazole rings is 1. The van der Waals surface area contributed by atoms with E-state index in [4.69, 9.17) is 4.74 Å². The Bertz CT molecular complexity index is 1250. The normalized spacial score (nSPS) is 11.0. The number of nitrogens with one attached hydrogen (secondary N) is 2. The maximum Gasteiger partial charge on any atom is 0.411 e. The summed E-state index contributed by atoms with van der Waals surface area (Å²) >= 11 is 1.32. The number of halogens is 1. The van der Waals surface area contributed by atoms with Crippen LogP contribution in [0.3, 0.4) is 0 Å². The monoisotopic (exact) mass is 439 g/mol. The van der Waals surface area contributed by atoms with Crippen LogP contribution in [-0.2, 0) is 4.74 Å². The average Bonchev–Trinajstić information content (AvgIpc) is 3.38. The maximum atomic E-state index is 14.5. The quantitative estimate of drug-likeness (QED) is 0.465.